The minimum absolute atomic E-state index is 0.0480. The third kappa shape index (κ3) is 5.25. The zero-order chi connectivity index (χ0) is 22.9. The van der Waals surface area contributed by atoms with E-state index in [4.69, 9.17) is 4.74 Å². The predicted octanol–water partition coefficient (Wildman–Crippen LogP) is 8.52. The van der Waals surface area contributed by atoms with Crippen LogP contribution in [-0.4, -0.2) is 6.10 Å². The van der Waals surface area contributed by atoms with Crippen molar-refractivity contribution < 1.29 is 13.5 Å². The van der Waals surface area contributed by atoms with E-state index in [-0.39, 0.29) is 11.7 Å². The molecule has 0 heterocycles. The lowest BCUT2D eigenvalue weighted by Crippen LogP contribution is -2.33. The molecule has 0 aromatic heterocycles. The van der Waals surface area contributed by atoms with Gasteiger partial charge >= 0.3 is 6.11 Å². The molecule has 3 heteroatoms. The summed E-state index contributed by atoms with van der Waals surface area (Å²) in [5.41, 5.74) is 5.48. The van der Waals surface area contributed by atoms with Crippen molar-refractivity contribution in [2.75, 3.05) is 0 Å². The Morgan fingerprint density at radius 2 is 1.22 bits per heavy atom. The van der Waals surface area contributed by atoms with Gasteiger partial charge in [0, 0.05) is 0 Å². The zero-order valence-corrected chi connectivity index (χ0v) is 20.1. The molecule has 1 nitrogen and oxygen atoms in total. The van der Waals surface area contributed by atoms with Crippen LogP contribution >= 0.6 is 0 Å². The van der Waals surface area contributed by atoms with Gasteiger partial charge < -0.3 is 4.74 Å². The van der Waals surface area contributed by atoms with Crippen molar-refractivity contribution in [2.45, 2.75) is 97.2 Å². The average Bonchev–Trinajstić information content (AvgIpc) is 2.73. The van der Waals surface area contributed by atoms with E-state index in [1.54, 1.807) is 26.0 Å². The van der Waals surface area contributed by atoms with Gasteiger partial charge in [0.2, 0.25) is 0 Å². The Bertz CT molecular complexity index is 878. The van der Waals surface area contributed by atoms with E-state index in [9.17, 15) is 8.78 Å². The monoisotopic (exact) mass is 440 g/mol. The van der Waals surface area contributed by atoms with Crippen molar-refractivity contribution in [2.24, 2.45) is 11.8 Å². The normalized spacial score (nSPS) is 26.8. The van der Waals surface area contributed by atoms with Crippen molar-refractivity contribution in [3.8, 4) is 0 Å². The van der Waals surface area contributed by atoms with E-state index in [2.05, 4.69) is 32.0 Å². The minimum atomic E-state index is -3.21. The molecule has 0 bridgehead atoms. The van der Waals surface area contributed by atoms with Crippen molar-refractivity contribution in [3.63, 3.8) is 0 Å². The van der Waals surface area contributed by atoms with Gasteiger partial charge in [0.15, 0.2) is 0 Å². The third-order valence-corrected chi connectivity index (χ3v) is 7.96. The number of benzene rings is 2. The summed E-state index contributed by atoms with van der Waals surface area (Å²) in [5, 5.41) is 0. The fourth-order valence-electron chi connectivity index (χ4n) is 6.39. The van der Waals surface area contributed by atoms with Gasteiger partial charge in [-0.3, -0.25) is 0 Å². The Labute approximate surface area is 192 Å². The summed E-state index contributed by atoms with van der Waals surface area (Å²) in [6.45, 7) is 7.86. The van der Waals surface area contributed by atoms with Crippen molar-refractivity contribution in [1.29, 1.82) is 0 Å². The highest BCUT2D eigenvalue weighted by molar-refractivity contribution is 5.36. The number of aryl methyl sites for hydroxylation is 4. The fourth-order valence-corrected chi connectivity index (χ4v) is 6.39. The van der Waals surface area contributed by atoms with Crippen LogP contribution in [0.5, 0.6) is 0 Å². The van der Waals surface area contributed by atoms with Gasteiger partial charge in [-0.2, -0.15) is 8.78 Å². The number of halogens is 2. The molecule has 0 atom stereocenters. The molecule has 0 N–H and O–H groups in total. The van der Waals surface area contributed by atoms with Crippen LogP contribution in [0, 0.1) is 39.5 Å². The molecule has 32 heavy (non-hydrogen) atoms. The maximum Gasteiger partial charge on any atom is 0.384 e. The second kappa shape index (κ2) is 9.63. The van der Waals surface area contributed by atoms with Crippen LogP contribution in [0.3, 0.4) is 0 Å². The molecule has 2 aromatic carbocycles. The molecule has 2 aromatic rings. The van der Waals surface area contributed by atoms with Crippen LogP contribution in [0.25, 0.3) is 0 Å². The smallest absolute Gasteiger partial charge is 0.313 e. The third-order valence-electron chi connectivity index (χ3n) is 7.96. The van der Waals surface area contributed by atoms with Crippen molar-refractivity contribution in [1.82, 2.24) is 0 Å². The van der Waals surface area contributed by atoms with E-state index in [1.165, 1.54) is 42.4 Å². The first kappa shape index (κ1) is 23.4. The van der Waals surface area contributed by atoms with Crippen LogP contribution < -0.4 is 0 Å². The largest absolute Gasteiger partial charge is 0.384 e. The molecule has 2 aliphatic rings. The first-order valence-corrected chi connectivity index (χ1v) is 12.4. The summed E-state index contributed by atoms with van der Waals surface area (Å²) < 4.78 is 35.3. The van der Waals surface area contributed by atoms with Gasteiger partial charge in [-0.25, -0.2) is 0 Å². The molecule has 174 valence electrons. The summed E-state index contributed by atoms with van der Waals surface area (Å²) >= 11 is 0. The standard InChI is InChI=1S/C29H38F2O/c1-19-16-20(2)18-26(17-19)25-10-8-23(9-11-25)24-12-14-27(15-13-24)32-29(30,31)28-21(3)6-5-7-22(28)4/h5-7,16-18,23-25,27H,8-15H2,1-4H3. The number of ether oxygens (including phenoxy) is 1. The quantitative estimate of drug-likeness (QED) is 0.453. The number of alkyl halides is 2. The summed E-state index contributed by atoms with van der Waals surface area (Å²) in [6.07, 6.45) is 5.05. The highest BCUT2D eigenvalue weighted by Gasteiger charge is 2.40. The number of rotatable bonds is 5. The van der Waals surface area contributed by atoms with Gasteiger partial charge in [0.05, 0.1) is 11.7 Å². The summed E-state index contributed by atoms with van der Waals surface area (Å²) in [5.74, 6) is 2.10. The highest BCUT2D eigenvalue weighted by atomic mass is 19.3. The molecule has 0 unspecified atom stereocenters. The lowest BCUT2D eigenvalue weighted by atomic mass is 9.69. The van der Waals surface area contributed by atoms with Crippen molar-refractivity contribution in [3.05, 3.63) is 69.8 Å². The molecule has 4 rings (SSSR count). The molecule has 0 amide bonds. The second-order valence-corrected chi connectivity index (χ2v) is 10.5. The van der Waals surface area contributed by atoms with Crippen molar-refractivity contribution >= 4 is 0 Å². The topological polar surface area (TPSA) is 9.23 Å². The SMILES string of the molecule is Cc1cc(C)cc(C2CCC(C3CCC(OC(F)(F)c4c(C)cccc4C)CC3)CC2)c1. The van der Waals surface area contributed by atoms with Gasteiger partial charge in [0.1, 0.15) is 0 Å². The molecule has 2 saturated carbocycles. The highest BCUT2D eigenvalue weighted by Crippen LogP contribution is 2.45. The summed E-state index contributed by atoms with van der Waals surface area (Å²) in [7, 11) is 0. The molecule has 0 spiro atoms. The van der Waals surface area contributed by atoms with Crippen LogP contribution in [0.1, 0.15) is 90.7 Å². The van der Waals surface area contributed by atoms with E-state index in [1.807, 2.05) is 6.07 Å². The number of hydrogen-bond acceptors (Lipinski definition) is 1. The van der Waals surface area contributed by atoms with Gasteiger partial charge in [0.25, 0.3) is 0 Å². The first-order valence-electron chi connectivity index (χ1n) is 12.4. The number of hydrogen-bond donors (Lipinski definition) is 0. The lowest BCUT2D eigenvalue weighted by Gasteiger charge is -2.38. The Morgan fingerprint density at radius 1 is 0.719 bits per heavy atom. The van der Waals surface area contributed by atoms with Crippen LogP contribution in [0.2, 0.25) is 0 Å². The minimum Gasteiger partial charge on any atom is -0.313 e. The Kier molecular flexibility index (Phi) is 7.05. The maximum absolute atomic E-state index is 15.0. The Morgan fingerprint density at radius 3 is 1.75 bits per heavy atom. The molecule has 0 aliphatic heterocycles. The lowest BCUT2D eigenvalue weighted by molar-refractivity contribution is -0.279. The van der Waals surface area contributed by atoms with E-state index >= 15 is 0 Å². The van der Waals surface area contributed by atoms with Gasteiger partial charge in [-0.1, -0.05) is 47.5 Å². The predicted molar refractivity (Wildman–Crippen MR) is 127 cm³/mol. The van der Waals surface area contributed by atoms with Crippen LogP contribution in [-0.2, 0) is 10.8 Å². The molecular formula is C29H38F2O. The van der Waals surface area contributed by atoms with E-state index < -0.39 is 6.11 Å². The average molecular weight is 441 g/mol. The van der Waals surface area contributed by atoms with Crippen LogP contribution in [0.15, 0.2) is 36.4 Å². The van der Waals surface area contributed by atoms with Gasteiger partial charge in [-0.05, 0) is 114 Å². The molecule has 0 radical (unpaired) electrons. The summed E-state index contributed by atoms with van der Waals surface area (Å²) in [6, 6.07) is 12.3. The Hall–Kier alpha value is -1.74. The van der Waals surface area contributed by atoms with E-state index in [0.717, 1.165) is 31.6 Å². The van der Waals surface area contributed by atoms with E-state index in [0.29, 0.717) is 23.0 Å². The second-order valence-electron chi connectivity index (χ2n) is 10.5. The van der Waals surface area contributed by atoms with Gasteiger partial charge in [-0.15, -0.1) is 0 Å². The summed E-state index contributed by atoms with van der Waals surface area (Å²) in [4.78, 5) is 0. The molecular weight excluding hydrogens is 402 g/mol. The zero-order valence-electron chi connectivity index (χ0n) is 20.1. The Balaban J connectivity index is 1.29. The fraction of sp³-hybridized carbons (Fsp3) is 0.586. The van der Waals surface area contributed by atoms with Crippen LogP contribution in [0.4, 0.5) is 8.78 Å². The first-order chi connectivity index (χ1) is 15.2. The maximum atomic E-state index is 15.0. The molecule has 2 aliphatic carbocycles. The molecule has 2 fully saturated rings. The molecule has 0 saturated heterocycles.